The Labute approximate surface area is 514 Å². The highest BCUT2D eigenvalue weighted by Gasteiger charge is 2.44. The van der Waals surface area contributed by atoms with Crippen LogP contribution in [0.2, 0.25) is 0 Å². The lowest BCUT2D eigenvalue weighted by molar-refractivity contribution is -0.122. The summed E-state index contributed by atoms with van der Waals surface area (Å²) in [7, 11) is -3.84. The lowest BCUT2D eigenvalue weighted by Crippen LogP contribution is -2.65. The van der Waals surface area contributed by atoms with Gasteiger partial charge in [-0.15, -0.1) is 0 Å². The van der Waals surface area contributed by atoms with Crippen LogP contribution in [0.5, 0.6) is 11.5 Å². The number of halogens is 1. The first-order valence-corrected chi connectivity index (χ1v) is 31.9. The maximum atomic E-state index is 14.7. The molecule has 4 aromatic heterocycles. The fourth-order valence-electron chi connectivity index (χ4n) is 11.8. The van der Waals surface area contributed by atoms with E-state index in [1.54, 1.807) is 73.3 Å². The third-order valence-electron chi connectivity index (χ3n) is 17.1. The van der Waals surface area contributed by atoms with Gasteiger partial charge in [0.1, 0.15) is 52.7 Å². The van der Waals surface area contributed by atoms with Gasteiger partial charge in [-0.1, -0.05) is 26.0 Å². The number of hydrogen-bond acceptors (Lipinski definition) is 19. The van der Waals surface area contributed by atoms with E-state index in [4.69, 9.17) is 18.9 Å². The van der Waals surface area contributed by atoms with E-state index in [9.17, 15) is 27.2 Å². The summed E-state index contributed by atoms with van der Waals surface area (Å²) in [5.74, 6) is 2.02. The van der Waals surface area contributed by atoms with Gasteiger partial charge in [0, 0.05) is 124 Å². The number of aromatic amines is 2. The van der Waals surface area contributed by atoms with Gasteiger partial charge in [-0.05, 0) is 105 Å². The largest absolute Gasteiger partial charge is 0.492 e. The standard InChI is InChI=1S/C63H85FN14O9S/c1-39-30-76(34-54(79)78-37-63(11,12)55-51(78)25-44(58(80)69-55)24-43-14-16-45(64)17-15-43)46(32-77(39)60(81)87-61(5,6)7)31-75-33-48(85-35-40(75)2)36-86-47-28-65-59(66-29-47)74-21-19-73(20-22-74)18-13-23-84-52-27-50-49(26-53(52)88(82,83)62(8,9)10)57(68-38-67-50)70-56-41(3)42(4)71-72-56/h14-17,25-29,38-40,46,48H,13,18-24,30-37H2,1-12H3,(H,69,80)(H2,67,68,70,71,72)/t39?,40-,46?,48-/m1/s1. The fraction of sp³-hybridized carbons (Fsp3) is 0.556. The van der Waals surface area contributed by atoms with Crippen LogP contribution in [0.4, 0.5) is 32.5 Å². The smallest absolute Gasteiger partial charge is 0.410 e. The third kappa shape index (κ3) is 14.4. The molecule has 474 valence electrons. The number of sulfone groups is 1. The van der Waals surface area contributed by atoms with Crippen molar-refractivity contribution in [2.24, 2.45) is 0 Å². The first kappa shape index (κ1) is 63.7. The zero-order chi connectivity index (χ0) is 63.0. The molecule has 6 aromatic rings. The Hall–Kier alpha value is -7.32. The minimum atomic E-state index is -3.84. The number of pyridine rings is 1. The van der Waals surface area contributed by atoms with Crippen LogP contribution in [0.25, 0.3) is 10.9 Å². The molecule has 25 heteroatoms. The lowest BCUT2D eigenvalue weighted by Gasteiger charge is -2.48. The number of H-pyrrole nitrogens is 2. The number of morpholine rings is 1. The molecule has 0 radical (unpaired) electrons. The molecular weight excluding hydrogens is 1150 g/mol. The molecule has 88 heavy (non-hydrogen) atoms. The Balaban J connectivity index is 0.728. The number of carbonyl (C=O) groups excluding carboxylic acids is 2. The van der Waals surface area contributed by atoms with E-state index in [2.05, 4.69) is 67.0 Å². The van der Waals surface area contributed by atoms with Gasteiger partial charge in [-0.3, -0.25) is 29.4 Å². The van der Waals surface area contributed by atoms with Crippen molar-refractivity contribution in [2.75, 3.05) is 107 Å². The zero-order valence-corrected chi connectivity index (χ0v) is 53.6. The van der Waals surface area contributed by atoms with E-state index in [0.29, 0.717) is 117 Å². The van der Waals surface area contributed by atoms with E-state index < -0.39 is 31.7 Å². The molecule has 0 spiro atoms. The highest BCUT2D eigenvalue weighted by Crippen LogP contribution is 2.40. The zero-order valence-electron chi connectivity index (χ0n) is 52.8. The first-order valence-electron chi connectivity index (χ1n) is 30.4. The van der Waals surface area contributed by atoms with Crippen molar-refractivity contribution in [3.8, 4) is 11.5 Å². The van der Waals surface area contributed by atoms with Crippen molar-refractivity contribution in [2.45, 2.75) is 141 Å². The summed E-state index contributed by atoms with van der Waals surface area (Å²) in [5, 5.41) is 11.1. The molecule has 4 aliphatic heterocycles. The van der Waals surface area contributed by atoms with Crippen molar-refractivity contribution >= 4 is 56.0 Å². The molecule has 2 amide bonds. The van der Waals surface area contributed by atoms with Gasteiger partial charge in [0.05, 0.1) is 53.8 Å². The number of rotatable bonds is 18. The van der Waals surface area contributed by atoms with E-state index in [-0.39, 0.29) is 71.7 Å². The summed E-state index contributed by atoms with van der Waals surface area (Å²) in [5.41, 5.74) is 3.47. The summed E-state index contributed by atoms with van der Waals surface area (Å²) >= 11 is 0. The van der Waals surface area contributed by atoms with Gasteiger partial charge < -0.3 is 43.9 Å². The summed E-state index contributed by atoms with van der Waals surface area (Å²) in [4.78, 5) is 75.9. The molecule has 3 saturated heterocycles. The number of carbonyl (C=O) groups is 2. The SMILES string of the molecule is Cc1n[nH]c(Nc2ncnc3cc(OCCCN4CCN(c5ncc(OC[C@H]6CN(CC7CN(C(=O)OC(C)(C)C)C(C)CN7CC(=O)N7CC(C)(C)c8[nH]c(=O)c(Cc9ccc(F)cc9)cc87)[C@H](C)CO6)cn5)CC4)c(S(=O)(=O)C(C)(C)C)cc23)c1C. The van der Waals surface area contributed by atoms with Crippen LogP contribution in [-0.4, -0.2) is 202 Å². The lowest BCUT2D eigenvalue weighted by atomic mass is 9.91. The second-order valence-corrected chi connectivity index (χ2v) is 29.2. The van der Waals surface area contributed by atoms with Crippen molar-refractivity contribution in [3.05, 3.63) is 105 Å². The molecule has 2 aromatic carbocycles. The van der Waals surface area contributed by atoms with Gasteiger partial charge in [0.15, 0.2) is 15.6 Å². The number of piperazine rings is 2. The number of hydrogen-bond donors (Lipinski definition) is 3. The molecule has 10 rings (SSSR count). The fourth-order valence-corrected chi connectivity index (χ4v) is 13.1. The number of benzene rings is 2. The summed E-state index contributed by atoms with van der Waals surface area (Å²) in [6, 6.07) is 10.7. The summed E-state index contributed by atoms with van der Waals surface area (Å²) in [6.07, 6.45) is 5.07. The maximum absolute atomic E-state index is 14.7. The Morgan fingerprint density at radius 3 is 2.31 bits per heavy atom. The molecule has 4 atom stereocenters. The van der Waals surface area contributed by atoms with Gasteiger partial charge in [-0.2, -0.15) is 5.10 Å². The van der Waals surface area contributed by atoms with Crippen molar-refractivity contribution in [1.29, 1.82) is 0 Å². The second kappa shape index (κ2) is 25.6. The normalized spacial score (nSPS) is 20.5. The number of fused-ring (bicyclic) bond motifs is 2. The molecular formula is C63H85FN14O9S. The quantitative estimate of drug-likeness (QED) is 0.0720. The minimum absolute atomic E-state index is 0.0295. The molecule has 3 N–H and O–H groups in total. The van der Waals surface area contributed by atoms with Gasteiger partial charge in [0.2, 0.25) is 11.9 Å². The molecule has 0 saturated carbocycles. The number of aromatic nitrogens is 7. The Morgan fingerprint density at radius 2 is 1.62 bits per heavy atom. The monoisotopic (exact) mass is 1230 g/mol. The van der Waals surface area contributed by atoms with Gasteiger partial charge >= 0.3 is 6.09 Å². The van der Waals surface area contributed by atoms with Crippen LogP contribution in [0.15, 0.2) is 70.9 Å². The number of nitrogens with one attached hydrogen (secondary N) is 3. The van der Waals surface area contributed by atoms with Crippen LogP contribution in [0.1, 0.15) is 104 Å². The predicted molar refractivity (Wildman–Crippen MR) is 334 cm³/mol. The number of ether oxygens (including phenoxy) is 4. The maximum Gasteiger partial charge on any atom is 0.410 e. The number of nitrogens with zero attached hydrogens (tertiary/aromatic N) is 11. The average Bonchev–Trinajstić information content (AvgIpc) is 1.51. The highest BCUT2D eigenvalue weighted by molar-refractivity contribution is 7.92. The van der Waals surface area contributed by atoms with Crippen LogP contribution in [-0.2, 0) is 35.9 Å². The summed E-state index contributed by atoms with van der Waals surface area (Å²) in [6.45, 7) is 29.6. The van der Waals surface area contributed by atoms with E-state index in [1.165, 1.54) is 18.5 Å². The Morgan fingerprint density at radius 1 is 0.898 bits per heavy atom. The Bertz CT molecular complexity index is 3660. The molecule has 23 nitrogen and oxygen atoms in total. The van der Waals surface area contributed by atoms with Crippen LogP contribution < -0.4 is 30.1 Å². The first-order chi connectivity index (χ1) is 41.6. The number of amides is 2. The molecule has 4 aliphatic rings. The van der Waals surface area contributed by atoms with Gasteiger partial charge in [-0.25, -0.2) is 37.5 Å². The molecule has 8 heterocycles. The highest BCUT2D eigenvalue weighted by atomic mass is 32.2. The van der Waals surface area contributed by atoms with Crippen molar-refractivity contribution in [1.82, 2.24) is 54.7 Å². The average molecular weight is 1230 g/mol. The molecule has 3 fully saturated rings. The molecule has 0 aliphatic carbocycles. The predicted octanol–water partition coefficient (Wildman–Crippen LogP) is 7.19. The van der Waals surface area contributed by atoms with Crippen LogP contribution >= 0.6 is 0 Å². The minimum Gasteiger partial charge on any atom is -0.492 e. The van der Waals surface area contributed by atoms with E-state index in [0.717, 1.165) is 36.5 Å². The van der Waals surface area contributed by atoms with E-state index >= 15 is 0 Å². The topological polar surface area (TPSA) is 250 Å². The van der Waals surface area contributed by atoms with Crippen molar-refractivity contribution < 1.29 is 41.3 Å². The number of aryl methyl sites for hydroxylation is 1. The van der Waals surface area contributed by atoms with E-state index in [1.807, 2.05) is 55.4 Å². The summed E-state index contributed by atoms with van der Waals surface area (Å²) < 4.78 is 65.5. The number of anilines is 4. The molecule has 0 bridgehead atoms. The van der Waals surface area contributed by atoms with Crippen LogP contribution in [0, 0.1) is 19.7 Å². The van der Waals surface area contributed by atoms with Crippen molar-refractivity contribution in [3.63, 3.8) is 0 Å². The Kier molecular flexibility index (Phi) is 18.6. The molecule has 2 unspecified atom stereocenters. The third-order valence-corrected chi connectivity index (χ3v) is 19.6. The van der Waals surface area contributed by atoms with Gasteiger partial charge in [0.25, 0.3) is 5.56 Å². The van der Waals surface area contributed by atoms with Crippen LogP contribution in [0.3, 0.4) is 0 Å². The second-order valence-electron chi connectivity index (χ2n) is 26.5.